The van der Waals surface area contributed by atoms with Crippen molar-refractivity contribution in [3.05, 3.63) is 60.3 Å². The molecular weight excluding hydrogens is 308 g/mol. The summed E-state index contributed by atoms with van der Waals surface area (Å²) < 4.78 is 7.68. The van der Waals surface area contributed by atoms with Crippen molar-refractivity contribution in [1.29, 1.82) is 0 Å². The van der Waals surface area contributed by atoms with Crippen LogP contribution in [0.4, 0.5) is 0 Å². The molecule has 0 aliphatic carbocycles. The summed E-state index contributed by atoms with van der Waals surface area (Å²) in [6, 6.07) is 19.1. The highest BCUT2D eigenvalue weighted by Gasteiger charge is 2.16. The van der Waals surface area contributed by atoms with Gasteiger partial charge in [-0.15, -0.1) is 0 Å². The van der Waals surface area contributed by atoms with Crippen LogP contribution in [-0.4, -0.2) is 16.7 Å². The highest BCUT2D eigenvalue weighted by Crippen LogP contribution is 2.36. The van der Waals surface area contributed by atoms with E-state index in [1.165, 1.54) is 21.8 Å². The fraction of sp³-hybridized carbons (Fsp3) is 0.227. The van der Waals surface area contributed by atoms with Crippen LogP contribution < -0.4 is 4.74 Å². The molecule has 4 aromatic rings. The second-order valence-corrected chi connectivity index (χ2v) is 6.20. The Labute approximate surface area is 147 Å². The molecule has 0 atom stereocenters. The van der Waals surface area contributed by atoms with Gasteiger partial charge >= 0.3 is 0 Å². The topological polar surface area (TPSA) is 27.1 Å². The van der Waals surface area contributed by atoms with E-state index >= 15 is 0 Å². The Balaban J connectivity index is 2.11. The predicted octanol–water partition coefficient (Wildman–Crippen LogP) is 5.45. The standard InChI is InChI=1S/C22H22N2O/c1-4-16-14-19-18-8-6-7-9-20(18)24(5-2)22(19)21(23-16)15-10-12-17(25-3)13-11-15/h6-14H,4-5H2,1-3H3. The number of hydrogen-bond donors (Lipinski definition) is 0. The van der Waals surface area contributed by atoms with Crippen molar-refractivity contribution in [1.82, 2.24) is 9.55 Å². The predicted molar refractivity (Wildman–Crippen MR) is 104 cm³/mol. The zero-order chi connectivity index (χ0) is 17.4. The lowest BCUT2D eigenvalue weighted by atomic mass is 10.1. The minimum absolute atomic E-state index is 0.864. The monoisotopic (exact) mass is 330 g/mol. The average Bonchev–Trinajstić information content (AvgIpc) is 3.01. The van der Waals surface area contributed by atoms with Gasteiger partial charge in [0.05, 0.1) is 18.3 Å². The van der Waals surface area contributed by atoms with E-state index < -0.39 is 0 Å². The molecule has 2 aromatic heterocycles. The molecule has 0 saturated heterocycles. The molecule has 0 aliphatic heterocycles. The molecule has 2 heterocycles. The maximum absolute atomic E-state index is 5.30. The van der Waals surface area contributed by atoms with Crippen LogP contribution >= 0.6 is 0 Å². The van der Waals surface area contributed by atoms with Gasteiger partial charge in [-0.2, -0.15) is 0 Å². The van der Waals surface area contributed by atoms with E-state index in [9.17, 15) is 0 Å². The Hall–Kier alpha value is -2.81. The Bertz CT molecular complexity index is 1050. The molecule has 0 fully saturated rings. The largest absolute Gasteiger partial charge is 0.497 e. The third-order valence-electron chi connectivity index (χ3n) is 4.84. The maximum Gasteiger partial charge on any atom is 0.118 e. The number of aryl methyl sites for hydroxylation is 2. The van der Waals surface area contributed by atoms with E-state index in [-0.39, 0.29) is 0 Å². The number of benzene rings is 2. The molecule has 3 heteroatoms. The minimum Gasteiger partial charge on any atom is -0.497 e. The molecule has 0 amide bonds. The summed E-state index contributed by atoms with van der Waals surface area (Å²) in [6.45, 7) is 5.27. The number of rotatable bonds is 4. The van der Waals surface area contributed by atoms with E-state index in [1.54, 1.807) is 7.11 Å². The van der Waals surface area contributed by atoms with Gasteiger partial charge in [0.15, 0.2) is 0 Å². The lowest BCUT2D eigenvalue weighted by Crippen LogP contribution is -1.99. The number of aromatic nitrogens is 2. The molecule has 0 saturated carbocycles. The number of hydrogen-bond acceptors (Lipinski definition) is 2. The van der Waals surface area contributed by atoms with Crippen LogP contribution in [0.3, 0.4) is 0 Å². The van der Waals surface area contributed by atoms with Gasteiger partial charge in [0.2, 0.25) is 0 Å². The molecule has 2 aromatic carbocycles. The number of fused-ring (bicyclic) bond motifs is 3. The van der Waals surface area contributed by atoms with Crippen LogP contribution in [0.5, 0.6) is 5.75 Å². The summed E-state index contributed by atoms with van der Waals surface area (Å²) in [6.07, 6.45) is 0.921. The molecule has 0 aliphatic rings. The second-order valence-electron chi connectivity index (χ2n) is 6.20. The molecule has 126 valence electrons. The number of nitrogens with zero attached hydrogens (tertiary/aromatic N) is 2. The normalized spacial score (nSPS) is 11.3. The van der Waals surface area contributed by atoms with Crippen molar-refractivity contribution in [2.24, 2.45) is 0 Å². The first kappa shape index (κ1) is 15.7. The third-order valence-corrected chi connectivity index (χ3v) is 4.84. The first-order valence-corrected chi connectivity index (χ1v) is 8.82. The molecular formula is C22H22N2O. The number of pyridine rings is 1. The maximum atomic E-state index is 5.30. The Morgan fingerprint density at radius 3 is 2.40 bits per heavy atom. The molecule has 25 heavy (non-hydrogen) atoms. The van der Waals surface area contributed by atoms with Crippen molar-refractivity contribution in [2.45, 2.75) is 26.8 Å². The summed E-state index contributed by atoms with van der Waals surface area (Å²) in [7, 11) is 1.69. The van der Waals surface area contributed by atoms with Crippen molar-refractivity contribution >= 4 is 21.8 Å². The summed E-state index contributed by atoms with van der Waals surface area (Å²) >= 11 is 0. The van der Waals surface area contributed by atoms with Crippen LogP contribution in [0.15, 0.2) is 54.6 Å². The summed E-state index contributed by atoms with van der Waals surface area (Å²) in [4.78, 5) is 4.99. The lowest BCUT2D eigenvalue weighted by Gasteiger charge is -2.11. The molecule has 0 unspecified atom stereocenters. The van der Waals surface area contributed by atoms with Gasteiger partial charge in [-0.25, -0.2) is 0 Å². The Kier molecular flexibility index (Phi) is 3.92. The van der Waals surface area contributed by atoms with Gasteiger partial charge in [-0.3, -0.25) is 4.98 Å². The second kappa shape index (κ2) is 6.25. The van der Waals surface area contributed by atoms with E-state index in [0.29, 0.717) is 0 Å². The average molecular weight is 330 g/mol. The highest BCUT2D eigenvalue weighted by molar-refractivity contribution is 6.12. The summed E-state index contributed by atoms with van der Waals surface area (Å²) in [5, 5.41) is 2.58. The quantitative estimate of drug-likeness (QED) is 0.497. The fourth-order valence-corrected chi connectivity index (χ4v) is 3.59. The molecule has 0 spiro atoms. The SMILES string of the molecule is CCc1cc2c3ccccc3n(CC)c2c(-c2ccc(OC)cc2)n1. The summed E-state index contributed by atoms with van der Waals surface area (Å²) in [5.41, 5.74) is 5.78. The highest BCUT2D eigenvalue weighted by atomic mass is 16.5. The summed E-state index contributed by atoms with van der Waals surface area (Å²) in [5.74, 6) is 0.864. The van der Waals surface area contributed by atoms with Crippen LogP contribution in [0.1, 0.15) is 19.5 Å². The Morgan fingerprint density at radius 2 is 1.72 bits per heavy atom. The first-order chi connectivity index (χ1) is 12.3. The van der Waals surface area contributed by atoms with E-state index in [1.807, 2.05) is 12.1 Å². The van der Waals surface area contributed by atoms with Crippen molar-refractivity contribution in [3.63, 3.8) is 0 Å². The van der Waals surface area contributed by atoms with Crippen LogP contribution in [0, 0.1) is 0 Å². The van der Waals surface area contributed by atoms with Gasteiger partial charge in [-0.05, 0) is 49.7 Å². The van der Waals surface area contributed by atoms with Crippen LogP contribution in [-0.2, 0) is 13.0 Å². The smallest absolute Gasteiger partial charge is 0.118 e. The molecule has 3 nitrogen and oxygen atoms in total. The number of methoxy groups -OCH3 is 1. The molecule has 0 bridgehead atoms. The number of ether oxygens (including phenoxy) is 1. The van der Waals surface area contributed by atoms with Gasteiger partial charge in [0, 0.05) is 34.1 Å². The first-order valence-electron chi connectivity index (χ1n) is 8.82. The zero-order valence-corrected chi connectivity index (χ0v) is 14.9. The van der Waals surface area contributed by atoms with Gasteiger partial charge in [0.1, 0.15) is 5.75 Å². The number of para-hydroxylation sites is 1. The molecule has 0 radical (unpaired) electrons. The fourth-order valence-electron chi connectivity index (χ4n) is 3.59. The minimum atomic E-state index is 0.864. The zero-order valence-electron chi connectivity index (χ0n) is 14.9. The van der Waals surface area contributed by atoms with E-state index in [2.05, 4.69) is 60.9 Å². The molecule has 0 N–H and O–H groups in total. The van der Waals surface area contributed by atoms with Crippen LogP contribution in [0.25, 0.3) is 33.1 Å². The van der Waals surface area contributed by atoms with Crippen LogP contribution in [0.2, 0.25) is 0 Å². The van der Waals surface area contributed by atoms with Gasteiger partial charge < -0.3 is 9.30 Å². The third kappa shape index (κ3) is 2.47. The van der Waals surface area contributed by atoms with Gasteiger partial charge in [0.25, 0.3) is 0 Å². The van der Waals surface area contributed by atoms with Crippen molar-refractivity contribution < 1.29 is 4.74 Å². The Morgan fingerprint density at radius 1 is 0.960 bits per heavy atom. The van der Waals surface area contributed by atoms with E-state index in [4.69, 9.17) is 9.72 Å². The van der Waals surface area contributed by atoms with E-state index in [0.717, 1.165) is 35.7 Å². The van der Waals surface area contributed by atoms with Crippen molar-refractivity contribution in [3.8, 4) is 17.0 Å². The van der Waals surface area contributed by atoms with Crippen molar-refractivity contribution in [2.75, 3.05) is 7.11 Å². The van der Waals surface area contributed by atoms with Gasteiger partial charge in [-0.1, -0.05) is 25.1 Å². The molecule has 4 rings (SSSR count). The lowest BCUT2D eigenvalue weighted by molar-refractivity contribution is 0.415.